The number of unbranched alkanes of at least 4 members (excludes halogenated alkanes) is 2. The quantitative estimate of drug-likeness (QED) is 0.326. The molecule has 0 aromatic heterocycles. The Balaban J connectivity index is 0.00000221. The fourth-order valence-corrected chi connectivity index (χ4v) is 18.8. The van der Waals surface area contributed by atoms with Crippen LogP contribution in [0.1, 0.15) is 145 Å². The predicted octanol–water partition coefficient (Wildman–Crippen LogP) is 5.80. The second-order valence-electron chi connectivity index (χ2n) is 15.0. The third-order valence-corrected chi connectivity index (χ3v) is 19.8. The number of benzene rings is 2. The summed E-state index contributed by atoms with van der Waals surface area (Å²) >= 11 is -2.40. The minimum Gasteiger partial charge on any atom is -1.00 e. The summed E-state index contributed by atoms with van der Waals surface area (Å²) in [6, 6.07) is 10.6. The van der Waals surface area contributed by atoms with Crippen molar-refractivity contribution < 1.29 is 46.1 Å². The molecule has 4 aliphatic rings. The van der Waals surface area contributed by atoms with Crippen molar-refractivity contribution in [3.05, 3.63) is 90.8 Å². The number of hydrogen-bond donors (Lipinski definition) is 0. The first-order valence-electron chi connectivity index (χ1n) is 16.8. The Kier molecular flexibility index (Phi) is 10.6. The molecule has 0 fully saturated rings. The van der Waals surface area contributed by atoms with Crippen molar-refractivity contribution in [2.75, 3.05) is 0 Å². The molecule has 4 aliphatic carbocycles. The van der Waals surface area contributed by atoms with E-state index < -0.39 is 21.3 Å². The van der Waals surface area contributed by atoms with Crippen molar-refractivity contribution in [2.24, 2.45) is 5.92 Å². The number of allylic oxidation sites excluding steroid dienone is 8. The standard InChI is InChI=1S/C25H25.C9H18.C7H9.2ClH.Zr/c1-14-12-24(3,4)22-8-16-7-17-9-23-19(15(2)13-25(23,5)6)11-21(17)20(16)10-18(14)22;1-3-5-7-9-8-6-4-2;1-6-3-4-7(2)5-6;;;/h7-13H,1-6H3;3-8H2,1-2H3;3,5,7H,1-2H3;2*1H;/q;;;;;+2/p-2. The molecule has 1 unspecified atom stereocenters. The van der Waals surface area contributed by atoms with Gasteiger partial charge in [0.05, 0.1) is 0 Å². The van der Waals surface area contributed by atoms with Crippen molar-refractivity contribution in [1.82, 2.24) is 0 Å². The molecule has 234 valence electrons. The summed E-state index contributed by atoms with van der Waals surface area (Å²) in [7, 11) is 0. The Labute approximate surface area is 288 Å². The Morgan fingerprint density at radius 1 is 0.705 bits per heavy atom. The van der Waals surface area contributed by atoms with Gasteiger partial charge in [-0.3, -0.25) is 0 Å². The number of fused-ring (bicyclic) bond motifs is 5. The Bertz CT molecular complexity index is 1540. The Morgan fingerprint density at radius 2 is 1.16 bits per heavy atom. The van der Waals surface area contributed by atoms with E-state index in [1.807, 2.05) is 6.49 Å². The van der Waals surface area contributed by atoms with Crippen molar-refractivity contribution in [3.63, 3.8) is 0 Å². The van der Waals surface area contributed by atoms with Crippen LogP contribution < -0.4 is 24.8 Å². The van der Waals surface area contributed by atoms with E-state index in [1.54, 1.807) is 33.4 Å². The molecular weight excluding hydrogens is 655 g/mol. The number of rotatable bonds is 8. The van der Waals surface area contributed by atoms with Gasteiger partial charge in [-0.25, -0.2) is 0 Å². The zero-order valence-electron chi connectivity index (χ0n) is 28.8. The summed E-state index contributed by atoms with van der Waals surface area (Å²) in [5, 5.41) is 0. The first kappa shape index (κ1) is 35.6. The van der Waals surface area contributed by atoms with Gasteiger partial charge in [0.2, 0.25) is 0 Å². The predicted molar refractivity (Wildman–Crippen MR) is 182 cm³/mol. The first-order valence-corrected chi connectivity index (χ1v) is 20.6. The van der Waals surface area contributed by atoms with Gasteiger partial charge in [0, 0.05) is 0 Å². The van der Waals surface area contributed by atoms with E-state index in [2.05, 4.69) is 118 Å². The van der Waals surface area contributed by atoms with E-state index in [0.717, 1.165) is 0 Å². The van der Waals surface area contributed by atoms with E-state index in [0.29, 0.717) is 9.54 Å². The van der Waals surface area contributed by atoms with Gasteiger partial charge in [-0.2, -0.15) is 0 Å². The zero-order chi connectivity index (χ0) is 30.1. The van der Waals surface area contributed by atoms with Crippen LogP contribution in [0.4, 0.5) is 0 Å². The smallest absolute Gasteiger partial charge is 1.00 e. The van der Waals surface area contributed by atoms with Gasteiger partial charge in [-0.05, 0) is 0 Å². The molecule has 0 radical (unpaired) electrons. The third-order valence-electron chi connectivity index (χ3n) is 10.7. The van der Waals surface area contributed by atoms with E-state index in [1.165, 1.54) is 66.4 Å². The molecule has 0 bridgehead atoms. The zero-order valence-corrected chi connectivity index (χ0v) is 32.7. The molecule has 2 aromatic rings. The van der Waals surface area contributed by atoms with Crippen LogP contribution in [-0.4, -0.2) is 3.21 Å². The van der Waals surface area contributed by atoms with Crippen LogP contribution in [0.3, 0.4) is 0 Å². The average Bonchev–Trinajstić information content (AvgIpc) is 3.57. The van der Waals surface area contributed by atoms with E-state index >= 15 is 0 Å². The van der Waals surface area contributed by atoms with Gasteiger partial charge in [-0.15, -0.1) is 0 Å². The molecule has 1 atom stereocenters. The van der Waals surface area contributed by atoms with E-state index in [4.69, 9.17) is 0 Å². The van der Waals surface area contributed by atoms with Gasteiger partial charge in [-0.1, -0.05) is 0 Å². The van der Waals surface area contributed by atoms with Gasteiger partial charge in [0.15, 0.2) is 0 Å². The van der Waals surface area contributed by atoms with Crippen LogP contribution in [0.25, 0.3) is 22.3 Å². The van der Waals surface area contributed by atoms with E-state index in [-0.39, 0.29) is 35.6 Å². The number of hydrogen-bond acceptors (Lipinski definition) is 0. The molecule has 0 amide bonds. The summed E-state index contributed by atoms with van der Waals surface area (Å²) in [6.45, 7) is 23.9. The minimum atomic E-state index is -2.40. The normalized spacial score (nSPS) is 19.7. The fraction of sp³-hybridized carbons (Fsp3) is 0.488. The fourth-order valence-electron chi connectivity index (χ4n) is 8.75. The van der Waals surface area contributed by atoms with Crippen LogP contribution in [0, 0.1) is 5.92 Å². The first-order chi connectivity index (χ1) is 19.9. The average molecular weight is 707 g/mol. The minimum absolute atomic E-state index is 0. The third kappa shape index (κ3) is 5.86. The molecule has 44 heavy (non-hydrogen) atoms. The van der Waals surface area contributed by atoms with E-state index in [9.17, 15) is 0 Å². The second kappa shape index (κ2) is 13.1. The van der Waals surface area contributed by atoms with Crippen LogP contribution >= 0.6 is 0 Å². The van der Waals surface area contributed by atoms with Gasteiger partial charge >= 0.3 is 266 Å². The SMILES string of the molecule is CCCC[C](CCCC)=[Zr+2]([C]1=CC(C)=CC1C)[CH]1c2cc3c(cc2-c2cc4c(cc21)C(C)(C)C=C4C)C(C)=CC3(C)C.[Cl-].[Cl-]. The molecule has 0 heterocycles. The van der Waals surface area contributed by atoms with Crippen LogP contribution in [0.2, 0.25) is 0 Å². The molecule has 3 heteroatoms. The second-order valence-corrected chi connectivity index (χ2v) is 21.6. The Hall–Kier alpha value is -1.27. The molecule has 0 aliphatic heterocycles. The van der Waals surface area contributed by atoms with Crippen LogP contribution in [-0.2, 0) is 32.1 Å². The van der Waals surface area contributed by atoms with Crippen molar-refractivity contribution >= 4 is 14.4 Å². The summed E-state index contributed by atoms with van der Waals surface area (Å²) in [5.41, 5.74) is 17.1. The maximum Gasteiger partial charge on any atom is -1.00 e. The maximum atomic E-state index is 2.71. The van der Waals surface area contributed by atoms with Crippen molar-refractivity contribution in [2.45, 2.75) is 122 Å². The van der Waals surface area contributed by atoms with Crippen LogP contribution in [0.5, 0.6) is 0 Å². The summed E-state index contributed by atoms with van der Waals surface area (Å²) < 4.78 is 4.41. The van der Waals surface area contributed by atoms with Crippen molar-refractivity contribution in [1.29, 1.82) is 0 Å². The Morgan fingerprint density at radius 3 is 1.55 bits per heavy atom. The topological polar surface area (TPSA) is 0 Å². The molecular formula is C41H52Cl2Zr. The van der Waals surface area contributed by atoms with Gasteiger partial charge < -0.3 is 24.8 Å². The van der Waals surface area contributed by atoms with Crippen molar-refractivity contribution in [3.8, 4) is 11.1 Å². The molecule has 0 spiro atoms. The van der Waals surface area contributed by atoms with Gasteiger partial charge in [0.1, 0.15) is 0 Å². The number of halogens is 2. The molecule has 0 saturated heterocycles. The summed E-state index contributed by atoms with van der Waals surface area (Å²) in [4.78, 5) is 0. The molecule has 6 rings (SSSR count). The molecule has 0 N–H and O–H groups in total. The molecule has 0 saturated carbocycles. The molecule has 2 aromatic carbocycles. The van der Waals surface area contributed by atoms with Crippen LogP contribution in [0.15, 0.2) is 57.4 Å². The van der Waals surface area contributed by atoms with Gasteiger partial charge in [0.25, 0.3) is 0 Å². The monoisotopic (exact) mass is 704 g/mol. The molecule has 0 nitrogen and oxygen atoms in total. The maximum absolute atomic E-state index is 2.71. The summed E-state index contributed by atoms with van der Waals surface area (Å²) in [6.07, 6.45) is 18.2. The summed E-state index contributed by atoms with van der Waals surface area (Å²) in [5.74, 6) is 0.578. The largest absolute Gasteiger partial charge is 1.00 e.